The van der Waals surface area contributed by atoms with E-state index in [9.17, 15) is 0 Å². The molecule has 0 radical (unpaired) electrons. The van der Waals surface area contributed by atoms with Crippen molar-refractivity contribution < 1.29 is 0 Å². The minimum Gasteiger partial charge on any atom is -0.309 e. The predicted octanol–water partition coefficient (Wildman–Crippen LogP) is 3.76. The Morgan fingerprint density at radius 3 is 2.65 bits per heavy atom. The molecule has 3 heteroatoms. The molecule has 1 saturated heterocycles. The Hall–Kier alpha value is 0.270. The molecule has 0 aromatic carbocycles. The lowest BCUT2D eigenvalue weighted by Crippen LogP contribution is -2.65. The van der Waals surface area contributed by atoms with Gasteiger partial charge in [0.2, 0.25) is 0 Å². The van der Waals surface area contributed by atoms with Crippen molar-refractivity contribution in [2.75, 3.05) is 18.8 Å². The molecule has 1 saturated carbocycles. The summed E-state index contributed by atoms with van der Waals surface area (Å²) in [5.41, 5.74) is 0.321. The van der Waals surface area contributed by atoms with Crippen LogP contribution in [0.2, 0.25) is 0 Å². The Kier molecular flexibility index (Phi) is 5.84. The van der Waals surface area contributed by atoms with Crippen molar-refractivity contribution in [3.05, 3.63) is 0 Å². The van der Waals surface area contributed by atoms with E-state index in [4.69, 9.17) is 0 Å². The summed E-state index contributed by atoms with van der Waals surface area (Å²) in [7, 11) is 0. The summed E-state index contributed by atoms with van der Waals surface area (Å²) in [6.45, 7) is 14.2. The predicted molar refractivity (Wildman–Crippen MR) is 91.6 cm³/mol. The molecule has 0 spiro atoms. The summed E-state index contributed by atoms with van der Waals surface area (Å²) >= 11 is 2.18. The molecule has 0 bridgehead atoms. The molecule has 2 aliphatic rings. The van der Waals surface area contributed by atoms with Crippen molar-refractivity contribution >= 4 is 11.8 Å². The molecule has 1 aliphatic carbocycles. The van der Waals surface area contributed by atoms with Crippen molar-refractivity contribution in [2.45, 2.75) is 83.2 Å². The second-order valence-electron chi connectivity index (χ2n) is 7.32. The van der Waals surface area contributed by atoms with Gasteiger partial charge in [0, 0.05) is 36.0 Å². The van der Waals surface area contributed by atoms with Gasteiger partial charge in [-0.3, -0.25) is 4.90 Å². The lowest BCUT2D eigenvalue weighted by atomic mass is 9.88. The van der Waals surface area contributed by atoms with Gasteiger partial charge >= 0.3 is 0 Å². The summed E-state index contributed by atoms with van der Waals surface area (Å²) in [4.78, 5) is 2.88. The fourth-order valence-corrected chi connectivity index (χ4v) is 5.04. The molecular weight excluding hydrogens is 264 g/mol. The summed E-state index contributed by atoms with van der Waals surface area (Å²) < 4.78 is 0. The van der Waals surface area contributed by atoms with Crippen LogP contribution in [-0.2, 0) is 0 Å². The third kappa shape index (κ3) is 3.72. The number of nitrogens with zero attached hydrogens (tertiary/aromatic N) is 1. The Bertz CT molecular complexity index is 307. The van der Waals surface area contributed by atoms with Crippen LogP contribution in [0, 0.1) is 5.92 Å². The first-order chi connectivity index (χ1) is 9.49. The smallest absolute Gasteiger partial charge is 0.0278 e. The fourth-order valence-electron chi connectivity index (χ4n) is 3.91. The molecule has 2 nitrogen and oxygen atoms in total. The molecule has 1 N–H and O–H groups in total. The van der Waals surface area contributed by atoms with Crippen LogP contribution in [0.5, 0.6) is 0 Å². The first-order valence-electron chi connectivity index (χ1n) is 8.61. The van der Waals surface area contributed by atoms with Gasteiger partial charge in [0.05, 0.1) is 0 Å². The van der Waals surface area contributed by atoms with Gasteiger partial charge in [-0.05, 0) is 44.3 Å². The monoisotopic (exact) mass is 298 g/mol. The molecule has 2 fully saturated rings. The van der Waals surface area contributed by atoms with Gasteiger partial charge in [0.15, 0.2) is 0 Å². The molecule has 4 atom stereocenters. The number of rotatable bonds is 5. The zero-order valence-corrected chi connectivity index (χ0v) is 14.9. The maximum absolute atomic E-state index is 3.82. The average molecular weight is 299 g/mol. The van der Waals surface area contributed by atoms with Crippen LogP contribution in [0.15, 0.2) is 0 Å². The van der Waals surface area contributed by atoms with Crippen molar-refractivity contribution in [2.24, 2.45) is 5.92 Å². The van der Waals surface area contributed by atoms with E-state index in [1.54, 1.807) is 0 Å². The van der Waals surface area contributed by atoms with Crippen molar-refractivity contribution in [3.63, 3.8) is 0 Å². The van der Waals surface area contributed by atoms with Crippen LogP contribution in [0.3, 0.4) is 0 Å². The van der Waals surface area contributed by atoms with E-state index in [0.29, 0.717) is 5.54 Å². The topological polar surface area (TPSA) is 15.3 Å². The Morgan fingerprint density at radius 2 is 2.05 bits per heavy atom. The molecule has 1 heterocycles. The second-order valence-corrected chi connectivity index (χ2v) is 8.90. The van der Waals surface area contributed by atoms with Gasteiger partial charge in [-0.2, -0.15) is 11.8 Å². The SMILES string of the molecule is CCSC1CCC(N2CC(C)(CC)NCC2C(C)C)C1. The molecule has 118 valence electrons. The standard InChI is InChI=1S/C17H34N2S/c1-6-17(5)12-19(16(11-18-17)13(3)4)14-8-9-15(10-14)20-7-2/h13-16,18H,6-12H2,1-5H3. The van der Waals surface area contributed by atoms with E-state index in [-0.39, 0.29) is 0 Å². The summed E-state index contributed by atoms with van der Waals surface area (Å²) in [6.07, 6.45) is 5.50. The lowest BCUT2D eigenvalue weighted by Gasteiger charge is -2.50. The normalized spacial score (nSPS) is 39.6. The second kappa shape index (κ2) is 7.02. The first-order valence-corrected chi connectivity index (χ1v) is 9.66. The highest BCUT2D eigenvalue weighted by Crippen LogP contribution is 2.36. The molecular formula is C17H34N2S. The summed E-state index contributed by atoms with van der Waals surface area (Å²) in [5, 5.41) is 4.74. The van der Waals surface area contributed by atoms with Gasteiger partial charge < -0.3 is 5.32 Å². The van der Waals surface area contributed by atoms with Crippen LogP contribution >= 0.6 is 11.8 Å². The zero-order chi connectivity index (χ0) is 14.8. The van der Waals surface area contributed by atoms with E-state index >= 15 is 0 Å². The minimum absolute atomic E-state index is 0.321. The third-order valence-electron chi connectivity index (χ3n) is 5.47. The molecule has 1 aliphatic heterocycles. The molecule has 0 aromatic heterocycles. The summed E-state index contributed by atoms with van der Waals surface area (Å²) in [5.74, 6) is 2.03. The van der Waals surface area contributed by atoms with E-state index in [1.165, 1.54) is 44.5 Å². The fraction of sp³-hybridized carbons (Fsp3) is 1.00. The maximum Gasteiger partial charge on any atom is 0.0278 e. The molecule has 2 rings (SSSR count). The summed E-state index contributed by atoms with van der Waals surface area (Å²) in [6, 6.07) is 1.56. The van der Waals surface area contributed by atoms with E-state index in [2.05, 4.69) is 56.6 Å². The number of piperazine rings is 1. The van der Waals surface area contributed by atoms with Crippen LogP contribution in [0.1, 0.15) is 60.3 Å². The number of hydrogen-bond donors (Lipinski definition) is 1. The lowest BCUT2D eigenvalue weighted by molar-refractivity contribution is 0.0266. The van der Waals surface area contributed by atoms with E-state index in [1.807, 2.05) is 0 Å². The van der Waals surface area contributed by atoms with Crippen molar-refractivity contribution in [1.29, 1.82) is 0 Å². The maximum atomic E-state index is 3.82. The van der Waals surface area contributed by atoms with Crippen molar-refractivity contribution in [1.82, 2.24) is 10.2 Å². The van der Waals surface area contributed by atoms with Crippen LogP contribution in [0.4, 0.5) is 0 Å². The van der Waals surface area contributed by atoms with Gasteiger partial charge in [-0.15, -0.1) is 0 Å². The van der Waals surface area contributed by atoms with Gasteiger partial charge in [0.1, 0.15) is 0 Å². The number of hydrogen-bond acceptors (Lipinski definition) is 3. The molecule has 4 unspecified atom stereocenters. The highest BCUT2D eigenvalue weighted by atomic mass is 32.2. The van der Waals surface area contributed by atoms with Gasteiger partial charge in [0.25, 0.3) is 0 Å². The Morgan fingerprint density at radius 1 is 1.30 bits per heavy atom. The highest BCUT2D eigenvalue weighted by Gasteiger charge is 2.41. The quantitative estimate of drug-likeness (QED) is 0.832. The van der Waals surface area contributed by atoms with E-state index in [0.717, 1.165) is 23.3 Å². The van der Waals surface area contributed by atoms with Gasteiger partial charge in [-0.25, -0.2) is 0 Å². The van der Waals surface area contributed by atoms with Crippen molar-refractivity contribution in [3.8, 4) is 0 Å². The zero-order valence-electron chi connectivity index (χ0n) is 14.1. The number of thioether (sulfide) groups is 1. The molecule has 20 heavy (non-hydrogen) atoms. The van der Waals surface area contributed by atoms with Crippen LogP contribution < -0.4 is 5.32 Å². The number of nitrogens with one attached hydrogen (secondary N) is 1. The first kappa shape index (κ1) is 16.6. The molecule has 0 aromatic rings. The Labute approximate surface area is 130 Å². The highest BCUT2D eigenvalue weighted by molar-refractivity contribution is 7.99. The largest absolute Gasteiger partial charge is 0.309 e. The van der Waals surface area contributed by atoms with Gasteiger partial charge in [-0.1, -0.05) is 27.7 Å². The third-order valence-corrected chi connectivity index (χ3v) is 6.71. The minimum atomic E-state index is 0.321. The van der Waals surface area contributed by atoms with Crippen LogP contribution in [-0.4, -0.2) is 46.6 Å². The Balaban J connectivity index is 2.04. The average Bonchev–Trinajstić information content (AvgIpc) is 2.87. The van der Waals surface area contributed by atoms with Crippen LogP contribution in [0.25, 0.3) is 0 Å². The van der Waals surface area contributed by atoms with E-state index < -0.39 is 0 Å². The molecule has 0 amide bonds.